The Balaban J connectivity index is 2.35. The second-order valence-corrected chi connectivity index (χ2v) is 5.64. The molecule has 2 rings (SSSR count). The number of anilines is 1. The molecular weight excluding hydrogens is 242 g/mol. The van der Waals surface area contributed by atoms with Crippen LogP contribution in [0.2, 0.25) is 0 Å². The number of imide groups is 1. The van der Waals surface area contributed by atoms with Crippen LogP contribution >= 0.6 is 0 Å². The molecule has 0 radical (unpaired) electrons. The third kappa shape index (κ3) is 2.46. The van der Waals surface area contributed by atoms with E-state index in [1.165, 1.54) is 4.90 Å². The Bertz CT molecular complexity index is 520. The SMILES string of the molecule is CC(C)(C)N1CC(=O)N(c2cccc(CN)c2)C1=O. The van der Waals surface area contributed by atoms with Crippen LogP contribution in [0.4, 0.5) is 10.5 Å². The van der Waals surface area contributed by atoms with Crippen LogP contribution in [-0.2, 0) is 11.3 Å². The maximum atomic E-state index is 12.4. The number of amides is 3. The first kappa shape index (κ1) is 13.5. The summed E-state index contributed by atoms with van der Waals surface area (Å²) in [4.78, 5) is 27.2. The number of nitrogens with zero attached hydrogens (tertiary/aromatic N) is 2. The van der Waals surface area contributed by atoms with Crippen LogP contribution in [0, 0.1) is 0 Å². The van der Waals surface area contributed by atoms with Crippen LogP contribution in [0.25, 0.3) is 0 Å². The Morgan fingerprint density at radius 2 is 1.95 bits per heavy atom. The summed E-state index contributed by atoms with van der Waals surface area (Å²) in [7, 11) is 0. The van der Waals surface area contributed by atoms with Crippen molar-refractivity contribution < 1.29 is 9.59 Å². The molecule has 1 aliphatic heterocycles. The van der Waals surface area contributed by atoms with E-state index in [1.807, 2.05) is 26.8 Å². The first-order chi connectivity index (χ1) is 8.84. The number of hydrogen-bond acceptors (Lipinski definition) is 3. The van der Waals surface area contributed by atoms with E-state index in [1.54, 1.807) is 23.1 Å². The molecule has 0 aliphatic carbocycles. The fourth-order valence-electron chi connectivity index (χ4n) is 2.10. The molecule has 102 valence electrons. The van der Waals surface area contributed by atoms with Gasteiger partial charge < -0.3 is 10.6 Å². The summed E-state index contributed by atoms with van der Waals surface area (Å²) >= 11 is 0. The summed E-state index contributed by atoms with van der Waals surface area (Å²) in [5.41, 5.74) is 6.70. The summed E-state index contributed by atoms with van der Waals surface area (Å²) < 4.78 is 0. The molecule has 1 fully saturated rings. The van der Waals surface area contributed by atoms with E-state index < -0.39 is 0 Å². The molecule has 0 spiro atoms. The monoisotopic (exact) mass is 261 g/mol. The smallest absolute Gasteiger partial charge is 0.326 e. The quantitative estimate of drug-likeness (QED) is 0.824. The van der Waals surface area contributed by atoms with E-state index in [9.17, 15) is 9.59 Å². The summed E-state index contributed by atoms with van der Waals surface area (Å²) in [6.45, 7) is 6.25. The number of urea groups is 1. The Kier molecular flexibility index (Phi) is 3.32. The second kappa shape index (κ2) is 4.66. The average Bonchev–Trinajstić information content (AvgIpc) is 2.65. The van der Waals surface area contributed by atoms with Gasteiger partial charge in [-0.2, -0.15) is 0 Å². The fraction of sp³-hybridized carbons (Fsp3) is 0.429. The summed E-state index contributed by atoms with van der Waals surface area (Å²) in [5, 5.41) is 0. The minimum absolute atomic E-state index is 0.120. The van der Waals surface area contributed by atoms with Crippen LogP contribution in [0.1, 0.15) is 26.3 Å². The second-order valence-electron chi connectivity index (χ2n) is 5.64. The molecule has 1 aliphatic rings. The lowest BCUT2D eigenvalue weighted by atomic mass is 10.1. The zero-order valence-corrected chi connectivity index (χ0v) is 11.5. The van der Waals surface area contributed by atoms with Crippen molar-refractivity contribution in [2.24, 2.45) is 5.73 Å². The maximum absolute atomic E-state index is 12.4. The van der Waals surface area contributed by atoms with Gasteiger partial charge in [0.05, 0.1) is 5.69 Å². The molecule has 0 bridgehead atoms. The molecule has 1 heterocycles. The predicted octanol–water partition coefficient (Wildman–Crippen LogP) is 1.71. The Morgan fingerprint density at radius 3 is 2.47 bits per heavy atom. The van der Waals surface area contributed by atoms with Crippen molar-refractivity contribution >= 4 is 17.6 Å². The molecule has 2 N–H and O–H groups in total. The fourth-order valence-corrected chi connectivity index (χ4v) is 2.10. The molecule has 1 saturated heterocycles. The summed E-state index contributed by atoms with van der Waals surface area (Å²) in [5.74, 6) is -0.200. The van der Waals surface area contributed by atoms with Crippen molar-refractivity contribution in [3.8, 4) is 0 Å². The standard InChI is InChI=1S/C14H19N3O2/c1-14(2,3)16-9-12(18)17(13(16)19)11-6-4-5-10(7-11)8-15/h4-7H,8-9,15H2,1-3H3. The van der Waals surface area contributed by atoms with E-state index in [4.69, 9.17) is 5.73 Å². The Hall–Kier alpha value is -1.88. The number of carbonyl (C=O) groups excluding carboxylic acids is 2. The van der Waals surface area contributed by atoms with E-state index in [0.29, 0.717) is 12.2 Å². The predicted molar refractivity (Wildman–Crippen MR) is 73.7 cm³/mol. The van der Waals surface area contributed by atoms with E-state index >= 15 is 0 Å². The summed E-state index contributed by atoms with van der Waals surface area (Å²) in [6.07, 6.45) is 0. The van der Waals surface area contributed by atoms with Gasteiger partial charge in [-0.3, -0.25) is 4.79 Å². The minimum atomic E-state index is -0.368. The average molecular weight is 261 g/mol. The first-order valence-corrected chi connectivity index (χ1v) is 6.28. The van der Waals surface area contributed by atoms with E-state index in [0.717, 1.165) is 5.56 Å². The van der Waals surface area contributed by atoms with E-state index in [2.05, 4.69) is 0 Å². The lowest BCUT2D eigenvalue weighted by molar-refractivity contribution is -0.117. The van der Waals surface area contributed by atoms with Crippen molar-refractivity contribution in [1.82, 2.24) is 4.90 Å². The topological polar surface area (TPSA) is 66.6 Å². The molecule has 3 amide bonds. The largest absolute Gasteiger partial charge is 0.332 e. The zero-order valence-electron chi connectivity index (χ0n) is 11.5. The third-order valence-corrected chi connectivity index (χ3v) is 3.18. The number of nitrogens with two attached hydrogens (primary N) is 1. The van der Waals surface area contributed by atoms with Crippen LogP contribution in [0.5, 0.6) is 0 Å². The van der Waals surface area contributed by atoms with Crippen LogP contribution < -0.4 is 10.6 Å². The van der Waals surface area contributed by atoms with Crippen LogP contribution in [-0.4, -0.2) is 28.9 Å². The lowest BCUT2D eigenvalue weighted by Crippen LogP contribution is -2.44. The van der Waals surface area contributed by atoms with Crippen molar-refractivity contribution in [1.29, 1.82) is 0 Å². The highest BCUT2D eigenvalue weighted by Crippen LogP contribution is 2.26. The normalized spacial score (nSPS) is 16.4. The van der Waals surface area contributed by atoms with Gasteiger partial charge in [-0.25, -0.2) is 9.69 Å². The van der Waals surface area contributed by atoms with Crippen molar-refractivity contribution in [2.45, 2.75) is 32.9 Å². The van der Waals surface area contributed by atoms with Crippen molar-refractivity contribution in [2.75, 3.05) is 11.4 Å². The van der Waals surface area contributed by atoms with Crippen LogP contribution in [0.15, 0.2) is 24.3 Å². The molecule has 5 heteroatoms. The lowest BCUT2D eigenvalue weighted by Gasteiger charge is -2.30. The molecule has 1 aromatic rings. The number of rotatable bonds is 2. The van der Waals surface area contributed by atoms with Crippen molar-refractivity contribution in [3.05, 3.63) is 29.8 Å². The van der Waals surface area contributed by atoms with Gasteiger partial charge in [0.25, 0.3) is 5.91 Å². The van der Waals surface area contributed by atoms with Gasteiger partial charge in [0.1, 0.15) is 6.54 Å². The van der Waals surface area contributed by atoms with Gasteiger partial charge in [-0.1, -0.05) is 12.1 Å². The maximum Gasteiger partial charge on any atom is 0.332 e. The minimum Gasteiger partial charge on any atom is -0.326 e. The molecule has 0 saturated carbocycles. The molecule has 0 atom stereocenters. The number of carbonyl (C=O) groups is 2. The summed E-state index contributed by atoms with van der Waals surface area (Å²) in [6, 6.07) is 6.93. The van der Waals surface area contributed by atoms with Gasteiger partial charge in [-0.05, 0) is 38.5 Å². The first-order valence-electron chi connectivity index (χ1n) is 6.28. The highest BCUT2D eigenvalue weighted by atomic mass is 16.2. The molecule has 1 aromatic carbocycles. The molecular formula is C14H19N3O2. The van der Waals surface area contributed by atoms with Gasteiger partial charge in [0, 0.05) is 12.1 Å². The van der Waals surface area contributed by atoms with Crippen molar-refractivity contribution in [3.63, 3.8) is 0 Å². The van der Waals surface area contributed by atoms with Crippen LogP contribution in [0.3, 0.4) is 0 Å². The van der Waals surface area contributed by atoms with Gasteiger partial charge in [0.15, 0.2) is 0 Å². The molecule has 0 unspecified atom stereocenters. The Morgan fingerprint density at radius 1 is 1.26 bits per heavy atom. The molecule has 5 nitrogen and oxygen atoms in total. The van der Waals surface area contributed by atoms with E-state index in [-0.39, 0.29) is 24.0 Å². The molecule has 0 aromatic heterocycles. The number of hydrogen-bond donors (Lipinski definition) is 1. The number of benzene rings is 1. The highest BCUT2D eigenvalue weighted by molar-refractivity contribution is 6.20. The van der Waals surface area contributed by atoms with Gasteiger partial charge in [-0.15, -0.1) is 0 Å². The zero-order chi connectivity index (χ0) is 14.2. The highest BCUT2D eigenvalue weighted by Gasteiger charge is 2.42. The third-order valence-electron chi connectivity index (χ3n) is 3.18. The van der Waals surface area contributed by atoms with Gasteiger partial charge >= 0.3 is 6.03 Å². The Labute approximate surface area is 113 Å². The molecule has 19 heavy (non-hydrogen) atoms. The van der Waals surface area contributed by atoms with Gasteiger partial charge in [0.2, 0.25) is 0 Å².